The number of thioether (sulfide) groups is 1. The molecule has 4 aromatic carbocycles. The maximum atomic E-state index is 13.0. The minimum absolute atomic E-state index is 0.0687. The lowest BCUT2D eigenvalue weighted by Gasteiger charge is -2.19. The third-order valence-corrected chi connectivity index (χ3v) is 7.41. The summed E-state index contributed by atoms with van der Waals surface area (Å²) < 4.78 is 2.01. The van der Waals surface area contributed by atoms with Gasteiger partial charge in [-0.3, -0.25) is 19.0 Å². The Morgan fingerprint density at radius 1 is 0.811 bits per heavy atom. The topological polar surface area (TPSA) is 81.1 Å². The average Bonchev–Trinajstić information content (AvgIpc) is 3.30. The van der Waals surface area contributed by atoms with Crippen LogP contribution in [0.5, 0.6) is 0 Å². The van der Waals surface area contributed by atoms with Crippen molar-refractivity contribution in [3.8, 4) is 5.69 Å². The number of hydrogen-bond acceptors (Lipinski definition) is 5. The lowest BCUT2D eigenvalue weighted by atomic mass is 9.84. The Bertz CT molecular complexity index is 1730. The number of amides is 1. The normalized spacial score (nSPS) is 12.4. The van der Waals surface area contributed by atoms with E-state index in [0.29, 0.717) is 16.3 Å². The maximum absolute atomic E-state index is 13.0. The quantitative estimate of drug-likeness (QED) is 0.273. The van der Waals surface area contributed by atoms with Crippen molar-refractivity contribution in [3.05, 3.63) is 118 Å². The molecule has 1 amide bonds. The largest absolute Gasteiger partial charge is 0.324 e. The molecule has 6 nitrogen and oxygen atoms in total. The van der Waals surface area contributed by atoms with E-state index >= 15 is 0 Å². The second kappa shape index (κ2) is 9.35. The Morgan fingerprint density at radius 2 is 1.43 bits per heavy atom. The molecule has 180 valence electrons. The smallest absolute Gasteiger partial charge is 0.234 e. The van der Waals surface area contributed by atoms with Crippen LogP contribution in [0.15, 0.2) is 96.2 Å². The number of halogens is 1. The zero-order valence-corrected chi connectivity index (χ0v) is 20.8. The van der Waals surface area contributed by atoms with E-state index in [-0.39, 0.29) is 45.1 Å². The number of para-hydroxylation sites is 3. The number of rotatable bonds is 5. The molecule has 1 heterocycles. The molecule has 0 radical (unpaired) electrons. The van der Waals surface area contributed by atoms with Crippen molar-refractivity contribution in [1.29, 1.82) is 0 Å². The lowest BCUT2D eigenvalue weighted by molar-refractivity contribution is -0.113. The van der Waals surface area contributed by atoms with Gasteiger partial charge in [0.25, 0.3) is 0 Å². The van der Waals surface area contributed by atoms with Crippen molar-refractivity contribution in [2.24, 2.45) is 0 Å². The van der Waals surface area contributed by atoms with Crippen LogP contribution in [-0.4, -0.2) is 32.8 Å². The molecular formula is C29H18ClN3O3S. The SMILES string of the molecule is O=C(CSc1nc2ccccc2n1-c1ccccc1)Nc1cc2c(cc1Cl)C(=O)c1ccccc1C2=O. The van der Waals surface area contributed by atoms with Crippen molar-refractivity contribution < 1.29 is 14.4 Å². The van der Waals surface area contributed by atoms with E-state index in [1.54, 1.807) is 24.3 Å². The second-order valence-electron chi connectivity index (χ2n) is 8.47. The standard InChI is InChI=1S/C29H18ClN3O3S/c30-22-14-20-21(28(36)19-11-5-4-10-18(19)27(20)35)15-24(22)31-26(34)16-37-29-32-23-12-6-7-13-25(23)33(29)17-8-2-1-3-9-17/h1-15H,16H2,(H,31,34). The van der Waals surface area contributed by atoms with Gasteiger partial charge in [-0.25, -0.2) is 4.98 Å². The third kappa shape index (κ3) is 4.12. The van der Waals surface area contributed by atoms with Gasteiger partial charge in [0, 0.05) is 27.9 Å². The Balaban J connectivity index is 1.25. The number of aromatic nitrogens is 2. The van der Waals surface area contributed by atoms with Crippen LogP contribution in [0.1, 0.15) is 31.8 Å². The molecule has 1 aliphatic rings. The summed E-state index contributed by atoms with van der Waals surface area (Å²) in [6, 6.07) is 27.2. The summed E-state index contributed by atoms with van der Waals surface area (Å²) in [5.41, 5.74) is 4.15. The van der Waals surface area contributed by atoms with E-state index in [4.69, 9.17) is 16.6 Å². The molecule has 5 aromatic rings. The van der Waals surface area contributed by atoms with Gasteiger partial charge in [-0.15, -0.1) is 0 Å². The van der Waals surface area contributed by atoms with Gasteiger partial charge in [-0.1, -0.05) is 78.0 Å². The van der Waals surface area contributed by atoms with E-state index in [1.807, 2.05) is 59.2 Å². The molecule has 0 saturated carbocycles. The Labute approximate surface area is 221 Å². The molecule has 0 spiro atoms. The van der Waals surface area contributed by atoms with Crippen molar-refractivity contribution >= 4 is 57.6 Å². The van der Waals surface area contributed by atoms with Crippen LogP contribution in [0, 0.1) is 0 Å². The lowest BCUT2D eigenvalue weighted by Crippen LogP contribution is -2.22. The summed E-state index contributed by atoms with van der Waals surface area (Å²) in [4.78, 5) is 43.6. The van der Waals surface area contributed by atoms with Crippen LogP contribution in [-0.2, 0) is 4.79 Å². The zero-order valence-electron chi connectivity index (χ0n) is 19.3. The highest BCUT2D eigenvalue weighted by molar-refractivity contribution is 7.99. The first-order valence-corrected chi connectivity index (χ1v) is 12.8. The summed E-state index contributed by atoms with van der Waals surface area (Å²) in [5, 5.41) is 3.66. The molecular weight excluding hydrogens is 506 g/mol. The number of nitrogens with zero attached hydrogens (tertiary/aromatic N) is 2. The van der Waals surface area contributed by atoms with Gasteiger partial charge in [-0.05, 0) is 36.4 Å². The van der Waals surface area contributed by atoms with Crippen LogP contribution < -0.4 is 5.32 Å². The van der Waals surface area contributed by atoms with Crippen molar-refractivity contribution in [2.75, 3.05) is 11.1 Å². The first-order valence-electron chi connectivity index (χ1n) is 11.5. The minimum Gasteiger partial charge on any atom is -0.324 e. The summed E-state index contributed by atoms with van der Waals surface area (Å²) >= 11 is 7.72. The van der Waals surface area contributed by atoms with Gasteiger partial charge >= 0.3 is 0 Å². The molecule has 1 aromatic heterocycles. The van der Waals surface area contributed by atoms with Crippen LogP contribution in [0.3, 0.4) is 0 Å². The second-order valence-corrected chi connectivity index (χ2v) is 9.82. The zero-order chi connectivity index (χ0) is 25.5. The molecule has 0 bridgehead atoms. The van der Waals surface area contributed by atoms with Gasteiger partial charge in [0.05, 0.1) is 27.5 Å². The molecule has 8 heteroatoms. The highest BCUT2D eigenvalue weighted by Crippen LogP contribution is 2.34. The number of fused-ring (bicyclic) bond motifs is 3. The molecule has 0 aliphatic heterocycles. The molecule has 0 saturated heterocycles. The highest BCUT2D eigenvalue weighted by Gasteiger charge is 2.30. The maximum Gasteiger partial charge on any atom is 0.234 e. The van der Waals surface area contributed by atoms with Gasteiger partial charge in [-0.2, -0.15) is 0 Å². The molecule has 0 fully saturated rings. The number of carbonyl (C=O) groups excluding carboxylic acids is 3. The van der Waals surface area contributed by atoms with Crippen molar-refractivity contribution in [3.63, 3.8) is 0 Å². The Morgan fingerprint density at radius 3 is 2.16 bits per heavy atom. The molecule has 37 heavy (non-hydrogen) atoms. The first-order chi connectivity index (χ1) is 18.0. The number of ketones is 2. The van der Waals surface area contributed by atoms with Gasteiger partial charge in [0.2, 0.25) is 5.91 Å². The first kappa shape index (κ1) is 23.2. The summed E-state index contributed by atoms with van der Waals surface area (Å²) in [6.07, 6.45) is 0. The number of benzene rings is 4. The van der Waals surface area contributed by atoms with E-state index in [2.05, 4.69) is 5.32 Å². The predicted molar refractivity (Wildman–Crippen MR) is 145 cm³/mol. The van der Waals surface area contributed by atoms with Crippen molar-refractivity contribution in [2.45, 2.75) is 5.16 Å². The number of nitrogens with one attached hydrogen (secondary N) is 1. The monoisotopic (exact) mass is 523 g/mol. The minimum atomic E-state index is -0.312. The average molecular weight is 524 g/mol. The summed E-state index contributed by atoms with van der Waals surface area (Å²) in [5.74, 6) is -0.781. The van der Waals surface area contributed by atoms with Gasteiger partial charge in [0.1, 0.15) is 0 Å². The third-order valence-electron chi connectivity index (χ3n) is 6.16. The fraction of sp³-hybridized carbons (Fsp3) is 0.0345. The number of hydrogen-bond donors (Lipinski definition) is 1. The van der Waals surface area contributed by atoms with Crippen LogP contribution in [0.2, 0.25) is 5.02 Å². The van der Waals surface area contributed by atoms with E-state index in [9.17, 15) is 14.4 Å². The summed E-state index contributed by atoms with van der Waals surface area (Å²) in [7, 11) is 0. The van der Waals surface area contributed by atoms with Gasteiger partial charge in [0.15, 0.2) is 16.7 Å². The van der Waals surface area contributed by atoms with E-state index in [0.717, 1.165) is 16.7 Å². The fourth-order valence-electron chi connectivity index (χ4n) is 4.46. The van der Waals surface area contributed by atoms with Crippen LogP contribution >= 0.6 is 23.4 Å². The molecule has 1 aliphatic carbocycles. The van der Waals surface area contributed by atoms with Gasteiger partial charge < -0.3 is 5.32 Å². The molecule has 6 rings (SSSR count). The highest BCUT2D eigenvalue weighted by atomic mass is 35.5. The fourth-order valence-corrected chi connectivity index (χ4v) is 5.50. The van der Waals surface area contributed by atoms with Crippen LogP contribution in [0.25, 0.3) is 16.7 Å². The number of anilines is 1. The van der Waals surface area contributed by atoms with E-state index in [1.165, 1.54) is 23.9 Å². The Kier molecular flexibility index (Phi) is 5.87. The van der Waals surface area contributed by atoms with Crippen LogP contribution in [0.4, 0.5) is 5.69 Å². The van der Waals surface area contributed by atoms with E-state index < -0.39 is 0 Å². The number of carbonyl (C=O) groups is 3. The number of imidazole rings is 1. The summed E-state index contributed by atoms with van der Waals surface area (Å²) in [6.45, 7) is 0. The predicted octanol–water partition coefficient (Wildman–Crippen LogP) is 6.19. The van der Waals surface area contributed by atoms with Crippen molar-refractivity contribution in [1.82, 2.24) is 9.55 Å². The molecule has 0 atom stereocenters. The Hall–Kier alpha value is -4.20. The molecule has 1 N–H and O–H groups in total. The molecule has 0 unspecified atom stereocenters.